The van der Waals surface area contributed by atoms with Gasteiger partial charge in [0.05, 0.1) is 6.04 Å². The highest BCUT2D eigenvalue weighted by molar-refractivity contribution is 5.97. The van der Waals surface area contributed by atoms with E-state index < -0.39 is 0 Å². The average Bonchev–Trinajstić information content (AvgIpc) is 3.16. The largest absolute Gasteiger partial charge is 0.352 e. The first-order valence-electron chi connectivity index (χ1n) is 9.16. The minimum atomic E-state index is -0.226. The second-order valence-corrected chi connectivity index (χ2v) is 6.74. The fourth-order valence-electron chi connectivity index (χ4n) is 3.54. The summed E-state index contributed by atoms with van der Waals surface area (Å²) >= 11 is 0. The van der Waals surface area contributed by atoms with Crippen LogP contribution in [0.25, 0.3) is 11.0 Å². The Bertz CT molecular complexity index is 981. The van der Waals surface area contributed by atoms with Crippen molar-refractivity contribution < 1.29 is 9.59 Å². The Morgan fingerprint density at radius 1 is 1.11 bits per heavy atom. The molecule has 4 rings (SSSR count). The van der Waals surface area contributed by atoms with E-state index in [1.165, 1.54) is 11.1 Å². The molecule has 0 fully saturated rings. The topological polar surface area (TPSA) is 99.8 Å². The van der Waals surface area contributed by atoms with Gasteiger partial charge in [0.2, 0.25) is 5.91 Å². The number of carbonyl (C=O) groups excluding carboxylic acids is 2. The van der Waals surface area contributed by atoms with E-state index in [0.29, 0.717) is 16.6 Å². The van der Waals surface area contributed by atoms with E-state index in [1.54, 1.807) is 18.2 Å². The van der Waals surface area contributed by atoms with Crippen molar-refractivity contribution >= 4 is 22.8 Å². The van der Waals surface area contributed by atoms with Crippen molar-refractivity contribution in [3.8, 4) is 0 Å². The van der Waals surface area contributed by atoms with Crippen LogP contribution in [0.1, 0.15) is 46.8 Å². The van der Waals surface area contributed by atoms with Crippen LogP contribution in [-0.4, -0.2) is 33.8 Å². The minimum Gasteiger partial charge on any atom is -0.352 e. The third-order valence-corrected chi connectivity index (χ3v) is 4.92. The number of benzene rings is 2. The molecule has 1 aliphatic rings. The van der Waals surface area contributed by atoms with E-state index in [4.69, 9.17) is 0 Å². The van der Waals surface area contributed by atoms with Gasteiger partial charge in [-0.2, -0.15) is 15.4 Å². The maximum Gasteiger partial charge on any atom is 0.251 e. The van der Waals surface area contributed by atoms with E-state index >= 15 is 0 Å². The van der Waals surface area contributed by atoms with E-state index in [9.17, 15) is 9.59 Å². The molecule has 0 aliphatic heterocycles. The van der Waals surface area contributed by atoms with Gasteiger partial charge in [0, 0.05) is 18.5 Å². The lowest BCUT2D eigenvalue weighted by Gasteiger charge is -2.26. The van der Waals surface area contributed by atoms with Gasteiger partial charge in [-0.1, -0.05) is 24.3 Å². The number of fused-ring (bicyclic) bond motifs is 2. The molecule has 2 aromatic carbocycles. The molecule has 1 atom stereocenters. The Morgan fingerprint density at radius 3 is 2.89 bits per heavy atom. The van der Waals surface area contributed by atoms with Crippen molar-refractivity contribution in [2.45, 2.75) is 31.7 Å². The zero-order valence-electron chi connectivity index (χ0n) is 14.9. The lowest BCUT2D eigenvalue weighted by atomic mass is 9.88. The molecule has 0 bridgehead atoms. The SMILES string of the molecule is O=C(CCNC(=O)c1ccc2n[nH]nc2c1)NC1CCCc2ccccc21. The van der Waals surface area contributed by atoms with Crippen molar-refractivity contribution in [1.29, 1.82) is 0 Å². The maximum atomic E-state index is 12.3. The predicted octanol–water partition coefficient (Wildman–Crippen LogP) is 2.27. The van der Waals surface area contributed by atoms with Gasteiger partial charge in [0.25, 0.3) is 5.91 Å². The smallest absolute Gasteiger partial charge is 0.251 e. The van der Waals surface area contributed by atoms with Crippen LogP contribution in [0.15, 0.2) is 42.5 Å². The van der Waals surface area contributed by atoms with Crippen LogP contribution in [0.4, 0.5) is 0 Å². The Balaban J connectivity index is 1.29. The van der Waals surface area contributed by atoms with Crippen LogP contribution in [0, 0.1) is 0 Å². The number of nitrogens with zero attached hydrogens (tertiary/aromatic N) is 2. The fourth-order valence-corrected chi connectivity index (χ4v) is 3.54. The molecular formula is C20H21N5O2. The summed E-state index contributed by atoms with van der Waals surface area (Å²) < 4.78 is 0. The minimum absolute atomic E-state index is 0.0519. The Hall–Kier alpha value is -3.22. The third-order valence-electron chi connectivity index (χ3n) is 4.92. The van der Waals surface area contributed by atoms with Gasteiger partial charge >= 0.3 is 0 Å². The van der Waals surface area contributed by atoms with Crippen molar-refractivity contribution in [3.05, 3.63) is 59.2 Å². The first kappa shape index (κ1) is 17.2. The van der Waals surface area contributed by atoms with E-state index in [0.717, 1.165) is 19.3 Å². The number of H-pyrrole nitrogens is 1. The van der Waals surface area contributed by atoms with Crippen LogP contribution >= 0.6 is 0 Å². The van der Waals surface area contributed by atoms with Gasteiger partial charge in [-0.15, -0.1) is 0 Å². The molecular weight excluding hydrogens is 342 g/mol. The lowest BCUT2D eigenvalue weighted by molar-refractivity contribution is -0.121. The molecule has 7 heteroatoms. The van der Waals surface area contributed by atoms with E-state index in [2.05, 4.69) is 38.2 Å². The summed E-state index contributed by atoms with van der Waals surface area (Å²) in [4.78, 5) is 24.5. The Morgan fingerprint density at radius 2 is 1.96 bits per heavy atom. The molecule has 0 saturated heterocycles. The summed E-state index contributed by atoms with van der Waals surface area (Å²) in [5.74, 6) is -0.278. The molecule has 1 aliphatic carbocycles. The first-order valence-corrected chi connectivity index (χ1v) is 9.16. The Labute approximate surface area is 156 Å². The van der Waals surface area contributed by atoms with Gasteiger partial charge in [-0.25, -0.2) is 0 Å². The Kier molecular flexibility index (Phi) is 4.82. The molecule has 1 unspecified atom stereocenters. The highest BCUT2D eigenvalue weighted by Gasteiger charge is 2.21. The maximum absolute atomic E-state index is 12.3. The number of amides is 2. The first-order chi connectivity index (χ1) is 13.2. The van der Waals surface area contributed by atoms with Crippen molar-refractivity contribution in [1.82, 2.24) is 26.0 Å². The zero-order chi connectivity index (χ0) is 18.6. The van der Waals surface area contributed by atoms with Gasteiger partial charge in [-0.3, -0.25) is 9.59 Å². The lowest BCUT2D eigenvalue weighted by Crippen LogP contribution is -2.34. The molecule has 27 heavy (non-hydrogen) atoms. The monoisotopic (exact) mass is 363 g/mol. The number of rotatable bonds is 5. The molecule has 0 spiro atoms. The zero-order valence-corrected chi connectivity index (χ0v) is 14.9. The van der Waals surface area contributed by atoms with Crippen molar-refractivity contribution in [2.75, 3.05) is 6.54 Å². The van der Waals surface area contributed by atoms with Crippen molar-refractivity contribution in [3.63, 3.8) is 0 Å². The van der Waals surface area contributed by atoms with Crippen LogP contribution in [0.5, 0.6) is 0 Å². The molecule has 2 amide bonds. The van der Waals surface area contributed by atoms with Crippen LogP contribution < -0.4 is 10.6 Å². The van der Waals surface area contributed by atoms with Crippen LogP contribution in [-0.2, 0) is 11.2 Å². The summed E-state index contributed by atoms with van der Waals surface area (Å²) in [6.07, 6.45) is 3.33. The van der Waals surface area contributed by atoms with Crippen molar-refractivity contribution in [2.24, 2.45) is 0 Å². The summed E-state index contributed by atoms with van der Waals surface area (Å²) in [7, 11) is 0. The second kappa shape index (κ2) is 7.57. The van der Waals surface area contributed by atoms with Crippen LogP contribution in [0.2, 0.25) is 0 Å². The second-order valence-electron chi connectivity index (χ2n) is 6.74. The van der Waals surface area contributed by atoms with Gasteiger partial charge in [0.15, 0.2) is 0 Å². The summed E-state index contributed by atoms with van der Waals surface area (Å²) in [6.45, 7) is 0.288. The molecule has 0 radical (unpaired) electrons. The van der Waals surface area contributed by atoms with E-state index in [1.807, 2.05) is 12.1 Å². The normalized spacial score (nSPS) is 15.9. The van der Waals surface area contributed by atoms with Gasteiger partial charge < -0.3 is 10.6 Å². The number of hydrogen-bond donors (Lipinski definition) is 3. The number of aryl methyl sites for hydroxylation is 1. The average molecular weight is 363 g/mol. The number of aromatic amines is 1. The quantitative estimate of drug-likeness (QED) is 0.647. The third kappa shape index (κ3) is 3.81. The number of carbonyl (C=O) groups is 2. The summed E-state index contributed by atoms with van der Waals surface area (Å²) in [6, 6.07) is 13.4. The predicted molar refractivity (Wildman–Crippen MR) is 101 cm³/mol. The highest BCUT2D eigenvalue weighted by atomic mass is 16.2. The van der Waals surface area contributed by atoms with Gasteiger partial charge in [-0.05, 0) is 48.6 Å². The molecule has 1 heterocycles. The number of nitrogens with one attached hydrogen (secondary N) is 3. The summed E-state index contributed by atoms with van der Waals surface area (Å²) in [5, 5.41) is 16.3. The number of hydrogen-bond acceptors (Lipinski definition) is 4. The standard InChI is InChI=1S/C20H21N5O2/c26-19(22-16-7-3-5-13-4-1-2-6-15(13)16)10-11-21-20(27)14-8-9-17-18(12-14)24-25-23-17/h1-2,4,6,8-9,12,16H,3,5,7,10-11H2,(H,21,27)(H,22,26)(H,23,24,25). The molecule has 1 aromatic heterocycles. The number of aromatic nitrogens is 3. The van der Waals surface area contributed by atoms with Gasteiger partial charge in [0.1, 0.15) is 11.0 Å². The van der Waals surface area contributed by atoms with E-state index in [-0.39, 0.29) is 30.8 Å². The van der Waals surface area contributed by atoms with Crippen LogP contribution in [0.3, 0.4) is 0 Å². The fraction of sp³-hybridized carbons (Fsp3) is 0.300. The molecule has 3 N–H and O–H groups in total. The molecule has 7 nitrogen and oxygen atoms in total. The molecule has 138 valence electrons. The highest BCUT2D eigenvalue weighted by Crippen LogP contribution is 2.29. The molecule has 3 aromatic rings. The summed E-state index contributed by atoms with van der Waals surface area (Å²) in [5.41, 5.74) is 4.36. The molecule has 0 saturated carbocycles.